The van der Waals surface area contributed by atoms with Crippen LogP contribution in [0, 0.1) is 0 Å². The molecule has 1 atom stereocenters. The Hall–Kier alpha value is -5.21. The summed E-state index contributed by atoms with van der Waals surface area (Å²) in [4.78, 5) is 53.9. The zero-order valence-electron chi connectivity index (χ0n) is 24.1. The molecule has 0 fully saturated rings. The number of ether oxygens (including phenoxy) is 1. The summed E-state index contributed by atoms with van der Waals surface area (Å²) in [5.74, 6) is -1.29. The van der Waals surface area contributed by atoms with Crippen LogP contribution in [0.4, 0.5) is 0 Å². The molecular formula is C35H26ClN3O5. The second-order valence-electron chi connectivity index (χ2n) is 10.8. The number of halogens is 1. The van der Waals surface area contributed by atoms with Gasteiger partial charge in [0.15, 0.2) is 23.1 Å². The molecule has 44 heavy (non-hydrogen) atoms. The van der Waals surface area contributed by atoms with Gasteiger partial charge in [0, 0.05) is 38.4 Å². The predicted molar refractivity (Wildman–Crippen MR) is 164 cm³/mol. The number of nitrogens with zero attached hydrogens (tertiary/aromatic N) is 3. The third-order valence-corrected chi connectivity index (χ3v) is 7.85. The Bertz CT molecular complexity index is 1980. The number of allylic oxidation sites excluding steroid dienone is 6. The van der Waals surface area contributed by atoms with Crippen molar-refractivity contribution < 1.29 is 23.9 Å². The van der Waals surface area contributed by atoms with Crippen molar-refractivity contribution in [3.05, 3.63) is 152 Å². The zero-order chi connectivity index (χ0) is 31.1. The fraction of sp³-hybridized carbons (Fsp3) is 0.143. The summed E-state index contributed by atoms with van der Waals surface area (Å²) in [5.41, 5.74) is 3.87. The number of rotatable bonds is 7. The number of carbonyl (C=O) groups is 4. The average molecular weight is 604 g/mol. The van der Waals surface area contributed by atoms with Crippen molar-refractivity contribution in [3.63, 3.8) is 0 Å². The lowest BCUT2D eigenvalue weighted by Gasteiger charge is -2.26. The first-order valence-electron chi connectivity index (χ1n) is 13.9. The second kappa shape index (κ2) is 11.5. The van der Waals surface area contributed by atoms with Crippen molar-refractivity contribution in [3.8, 4) is 0 Å². The lowest BCUT2D eigenvalue weighted by molar-refractivity contribution is 0.0859. The number of carbonyl (C=O) groups excluding carboxylic acids is 4. The molecule has 4 aromatic rings. The molecule has 0 bridgehead atoms. The van der Waals surface area contributed by atoms with Crippen molar-refractivity contribution in [1.29, 1.82) is 0 Å². The first-order chi connectivity index (χ1) is 21.2. The van der Waals surface area contributed by atoms with E-state index in [0.29, 0.717) is 38.5 Å². The highest BCUT2D eigenvalue weighted by Crippen LogP contribution is 2.37. The summed E-state index contributed by atoms with van der Waals surface area (Å²) in [6.07, 6.45) is 3.24. The van der Waals surface area contributed by atoms with Gasteiger partial charge in [0.25, 0.3) is 0 Å². The van der Waals surface area contributed by atoms with Crippen LogP contribution in [0.5, 0.6) is 0 Å². The largest absolute Gasteiger partial charge is 0.482 e. The quantitative estimate of drug-likeness (QED) is 0.230. The monoisotopic (exact) mass is 603 g/mol. The molecule has 0 N–H and O–H groups in total. The van der Waals surface area contributed by atoms with E-state index in [9.17, 15) is 19.2 Å². The van der Waals surface area contributed by atoms with Crippen LogP contribution in [0.15, 0.2) is 113 Å². The van der Waals surface area contributed by atoms with Gasteiger partial charge in [-0.1, -0.05) is 83.1 Å². The smallest absolute Gasteiger partial charge is 0.229 e. The highest BCUT2D eigenvalue weighted by molar-refractivity contribution is 6.30. The first kappa shape index (κ1) is 28.9. The summed E-state index contributed by atoms with van der Waals surface area (Å²) >= 11 is 6.17. The Balaban J connectivity index is 1.38. The molecule has 0 radical (unpaired) electrons. The molecule has 2 aliphatic rings. The average Bonchev–Trinajstić information content (AvgIpc) is 3.49. The van der Waals surface area contributed by atoms with E-state index < -0.39 is 11.8 Å². The Morgan fingerprint density at radius 3 is 2.00 bits per heavy atom. The molecular weight excluding hydrogens is 578 g/mol. The highest BCUT2D eigenvalue weighted by atomic mass is 35.5. The molecule has 9 heteroatoms. The van der Waals surface area contributed by atoms with Gasteiger partial charge in [-0.15, -0.1) is 5.10 Å². The minimum Gasteiger partial charge on any atom is -0.482 e. The maximum Gasteiger partial charge on any atom is 0.229 e. The zero-order valence-corrected chi connectivity index (χ0v) is 24.9. The molecule has 0 saturated carbocycles. The van der Waals surface area contributed by atoms with Crippen molar-refractivity contribution in [2.45, 2.75) is 33.4 Å². The van der Waals surface area contributed by atoms with Crippen LogP contribution in [0.3, 0.4) is 0 Å². The van der Waals surface area contributed by atoms with Crippen molar-refractivity contribution in [2.75, 3.05) is 0 Å². The standard InChI is InChI=1S/C35H26ClN3O5/c1-19(2)16-28-32(41)25-9-5-7-11-27(25)34(43)35(28)44-18-23-17-39(38-37-23)30(21-12-14-22(36)15-13-21)29-20(3)31(40)24-8-4-6-10-26(24)33(29)42/h4-17,30H,18H2,1-3H3. The fourth-order valence-corrected chi connectivity index (χ4v) is 5.66. The summed E-state index contributed by atoms with van der Waals surface area (Å²) in [6.45, 7) is 5.13. The maximum absolute atomic E-state index is 13.9. The van der Waals surface area contributed by atoms with E-state index in [0.717, 1.165) is 5.57 Å². The summed E-state index contributed by atoms with van der Waals surface area (Å²) in [7, 11) is 0. The van der Waals surface area contributed by atoms with Gasteiger partial charge in [-0.2, -0.15) is 0 Å². The molecule has 3 aromatic carbocycles. The topological polar surface area (TPSA) is 108 Å². The van der Waals surface area contributed by atoms with Crippen LogP contribution in [0.2, 0.25) is 5.02 Å². The summed E-state index contributed by atoms with van der Waals surface area (Å²) < 4.78 is 7.48. The lowest BCUT2D eigenvalue weighted by atomic mass is 9.80. The third-order valence-electron chi connectivity index (χ3n) is 7.60. The van der Waals surface area contributed by atoms with E-state index in [1.54, 1.807) is 92.0 Å². The van der Waals surface area contributed by atoms with Crippen LogP contribution >= 0.6 is 11.6 Å². The van der Waals surface area contributed by atoms with Gasteiger partial charge in [-0.05, 0) is 44.5 Å². The molecule has 2 aliphatic carbocycles. The van der Waals surface area contributed by atoms with Crippen molar-refractivity contribution in [1.82, 2.24) is 15.0 Å². The molecule has 0 saturated heterocycles. The molecule has 0 aliphatic heterocycles. The van der Waals surface area contributed by atoms with E-state index in [-0.39, 0.29) is 46.4 Å². The minimum atomic E-state index is -0.802. The Kier molecular flexibility index (Phi) is 7.53. The molecule has 1 aromatic heterocycles. The number of hydrogen-bond acceptors (Lipinski definition) is 7. The normalized spacial score (nSPS) is 15.3. The van der Waals surface area contributed by atoms with E-state index in [4.69, 9.17) is 16.3 Å². The van der Waals surface area contributed by atoms with Gasteiger partial charge in [0.05, 0.1) is 11.8 Å². The predicted octanol–water partition coefficient (Wildman–Crippen LogP) is 6.73. The van der Waals surface area contributed by atoms with E-state index in [2.05, 4.69) is 10.3 Å². The van der Waals surface area contributed by atoms with Gasteiger partial charge < -0.3 is 4.74 Å². The number of hydrogen-bond donors (Lipinski definition) is 0. The maximum atomic E-state index is 13.9. The van der Waals surface area contributed by atoms with Crippen molar-refractivity contribution in [2.24, 2.45) is 0 Å². The van der Waals surface area contributed by atoms with Gasteiger partial charge in [-0.25, -0.2) is 4.68 Å². The van der Waals surface area contributed by atoms with E-state index in [1.807, 2.05) is 13.8 Å². The second-order valence-corrected chi connectivity index (χ2v) is 11.3. The number of Topliss-reactive ketones (excluding diaryl/α,β-unsaturated/α-hetero) is 4. The van der Waals surface area contributed by atoms with Crippen LogP contribution in [-0.4, -0.2) is 38.1 Å². The van der Waals surface area contributed by atoms with Crippen molar-refractivity contribution >= 4 is 34.7 Å². The van der Waals surface area contributed by atoms with Crippen LogP contribution in [0.1, 0.15) is 79.5 Å². The van der Waals surface area contributed by atoms with Gasteiger partial charge in [-0.3, -0.25) is 19.2 Å². The van der Waals surface area contributed by atoms with Gasteiger partial charge in [0.1, 0.15) is 18.3 Å². The van der Waals surface area contributed by atoms with Gasteiger partial charge >= 0.3 is 0 Å². The van der Waals surface area contributed by atoms with E-state index in [1.165, 1.54) is 4.68 Å². The lowest BCUT2D eigenvalue weighted by Crippen LogP contribution is -2.28. The third kappa shape index (κ3) is 5.03. The highest BCUT2D eigenvalue weighted by Gasteiger charge is 2.37. The molecule has 0 spiro atoms. The summed E-state index contributed by atoms with van der Waals surface area (Å²) in [5, 5.41) is 9.08. The Labute approximate surface area is 258 Å². The molecule has 1 unspecified atom stereocenters. The van der Waals surface area contributed by atoms with E-state index >= 15 is 0 Å². The van der Waals surface area contributed by atoms with Gasteiger partial charge in [0.2, 0.25) is 5.78 Å². The number of aromatic nitrogens is 3. The molecule has 1 heterocycles. The Morgan fingerprint density at radius 2 is 1.39 bits per heavy atom. The molecule has 218 valence electrons. The van der Waals surface area contributed by atoms with Crippen LogP contribution < -0.4 is 0 Å². The number of benzene rings is 3. The fourth-order valence-electron chi connectivity index (χ4n) is 5.53. The Morgan fingerprint density at radius 1 is 0.818 bits per heavy atom. The van der Waals surface area contributed by atoms with Crippen LogP contribution in [-0.2, 0) is 11.3 Å². The van der Waals surface area contributed by atoms with Crippen LogP contribution in [0.25, 0.3) is 0 Å². The molecule has 6 rings (SSSR count). The summed E-state index contributed by atoms with van der Waals surface area (Å²) in [6, 6.07) is 19.5. The molecule has 0 amide bonds. The number of fused-ring (bicyclic) bond motifs is 2. The minimum absolute atomic E-state index is 0.0677. The molecule has 8 nitrogen and oxygen atoms in total. The number of ketones is 4. The first-order valence-corrected chi connectivity index (χ1v) is 14.3. The SMILES string of the molecule is CC(C)=CC1=C(OCc2cn(C(C3=C(C)C(=O)c4ccccc4C3=O)c3ccc(Cl)cc3)nn2)C(=O)c2ccccc2C1=O.